The van der Waals surface area contributed by atoms with Crippen LogP contribution in [0, 0.1) is 0 Å². The zero-order chi connectivity index (χ0) is 19.2. The van der Waals surface area contributed by atoms with Crippen LogP contribution < -0.4 is 15.4 Å². The number of alkyl halides is 3. The van der Waals surface area contributed by atoms with E-state index < -0.39 is 17.8 Å². The molecule has 0 saturated heterocycles. The van der Waals surface area contributed by atoms with Crippen molar-refractivity contribution < 1.29 is 22.7 Å². The van der Waals surface area contributed by atoms with Crippen LogP contribution in [0.4, 0.5) is 23.7 Å². The van der Waals surface area contributed by atoms with Gasteiger partial charge in [-0.05, 0) is 41.8 Å². The predicted molar refractivity (Wildman–Crippen MR) is 94.5 cm³/mol. The molecule has 0 saturated carbocycles. The Balaban J connectivity index is 1.78. The maximum atomic E-state index is 12.6. The van der Waals surface area contributed by atoms with Crippen molar-refractivity contribution >= 4 is 11.7 Å². The molecular formula is C19H21F3N2O2. The third kappa shape index (κ3) is 5.98. The van der Waals surface area contributed by atoms with Gasteiger partial charge in [-0.15, -0.1) is 0 Å². The summed E-state index contributed by atoms with van der Waals surface area (Å²) in [5.74, 6) is 1.09. The van der Waals surface area contributed by atoms with Gasteiger partial charge in [0.2, 0.25) is 0 Å². The van der Waals surface area contributed by atoms with Gasteiger partial charge in [0.25, 0.3) is 0 Å². The maximum absolute atomic E-state index is 12.6. The second kappa shape index (κ2) is 8.60. The van der Waals surface area contributed by atoms with E-state index in [1.165, 1.54) is 12.1 Å². The van der Waals surface area contributed by atoms with Gasteiger partial charge in [0.05, 0.1) is 12.1 Å². The van der Waals surface area contributed by atoms with Crippen LogP contribution >= 0.6 is 0 Å². The molecule has 0 atom stereocenters. The van der Waals surface area contributed by atoms with Crippen molar-refractivity contribution in [2.75, 3.05) is 18.5 Å². The van der Waals surface area contributed by atoms with Crippen molar-refractivity contribution in [1.29, 1.82) is 0 Å². The zero-order valence-corrected chi connectivity index (χ0v) is 14.6. The smallest absolute Gasteiger partial charge is 0.416 e. The minimum Gasteiger partial charge on any atom is -0.492 e. The lowest BCUT2D eigenvalue weighted by Crippen LogP contribution is -2.32. The molecule has 7 heteroatoms. The van der Waals surface area contributed by atoms with Crippen molar-refractivity contribution in [1.82, 2.24) is 5.32 Å². The first-order valence-electron chi connectivity index (χ1n) is 8.20. The standard InChI is InChI=1S/C19H21F3N2O2/c1-13(2)14-5-3-8-17(11-14)26-10-9-23-18(25)24-16-7-4-6-15(12-16)19(20,21)22/h3-8,11-13H,9-10H2,1-2H3,(H2,23,24,25). The van der Waals surface area contributed by atoms with Crippen LogP contribution in [0.1, 0.15) is 30.9 Å². The van der Waals surface area contributed by atoms with E-state index in [-0.39, 0.29) is 18.8 Å². The average molecular weight is 366 g/mol. The third-order valence-corrected chi connectivity index (χ3v) is 3.63. The number of anilines is 1. The molecule has 4 nitrogen and oxygen atoms in total. The molecule has 0 aromatic heterocycles. The molecule has 2 rings (SSSR count). The molecule has 0 bridgehead atoms. The summed E-state index contributed by atoms with van der Waals surface area (Å²) in [6.07, 6.45) is -4.45. The maximum Gasteiger partial charge on any atom is 0.416 e. The van der Waals surface area contributed by atoms with E-state index in [9.17, 15) is 18.0 Å². The third-order valence-electron chi connectivity index (χ3n) is 3.63. The molecule has 0 aliphatic heterocycles. The predicted octanol–water partition coefficient (Wildman–Crippen LogP) is 5.03. The molecule has 0 aliphatic rings. The highest BCUT2D eigenvalue weighted by atomic mass is 19.4. The van der Waals surface area contributed by atoms with E-state index in [2.05, 4.69) is 24.5 Å². The summed E-state index contributed by atoms with van der Waals surface area (Å²) < 4.78 is 43.5. The molecule has 0 spiro atoms. The van der Waals surface area contributed by atoms with Gasteiger partial charge in [0.15, 0.2) is 0 Å². The largest absolute Gasteiger partial charge is 0.492 e. The molecule has 2 N–H and O–H groups in total. The van der Waals surface area contributed by atoms with Gasteiger partial charge in [-0.3, -0.25) is 0 Å². The number of benzene rings is 2. The molecule has 2 aromatic rings. The van der Waals surface area contributed by atoms with Crippen molar-refractivity contribution in [3.05, 3.63) is 59.7 Å². The quantitative estimate of drug-likeness (QED) is 0.705. The molecule has 26 heavy (non-hydrogen) atoms. The van der Waals surface area contributed by atoms with Gasteiger partial charge in [0.1, 0.15) is 12.4 Å². The highest BCUT2D eigenvalue weighted by molar-refractivity contribution is 5.89. The summed E-state index contributed by atoms with van der Waals surface area (Å²) >= 11 is 0. The van der Waals surface area contributed by atoms with Crippen molar-refractivity contribution in [3.63, 3.8) is 0 Å². The number of amides is 2. The van der Waals surface area contributed by atoms with Gasteiger partial charge in [-0.25, -0.2) is 4.79 Å². The van der Waals surface area contributed by atoms with Gasteiger partial charge >= 0.3 is 12.2 Å². The number of hydrogen-bond acceptors (Lipinski definition) is 2. The topological polar surface area (TPSA) is 50.4 Å². The van der Waals surface area contributed by atoms with E-state index in [1.54, 1.807) is 0 Å². The van der Waals surface area contributed by atoms with Gasteiger partial charge in [-0.1, -0.05) is 32.0 Å². The van der Waals surface area contributed by atoms with Crippen molar-refractivity contribution in [2.45, 2.75) is 25.9 Å². The van der Waals surface area contributed by atoms with Crippen LogP contribution in [-0.4, -0.2) is 19.2 Å². The Morgan fingerprint density at radius 3 is 2.54 bits per heavy atom. The van der Waals surface area contributed by atoms with Crippen molar-refractivity contribution in [3.8, 4) is 5.75 Å². The molecular weight excluding hydrogens is 345 g/mol. The fraction of sp³-hybridized carbons (Fsp3) is 0.316. The van der Waals surface area contributed by atoms with Crippen LogP contribution in [-0.2, 0) is 6.18 Å². The minimum atomic E-state index is -4.45. The molecule has 0 radical (unpaired) electrons. The van der Waals surface area contributed by atoms with Crippen molar-refractivity contribution in [2.24, 2.45) is 0 Å². The number of urea groups is 1. The Kier molecular flexibility index (Phi) is 6.49. The Morgan fingerprint density at radius 2 is 1.85 bits per heavy atom. The molecule has 2 aromatic carbocycles. The second-order valence-corrected chi connectivity index (χ2v) is 6.04. The highest BCUT2D eigenvalue weighted by Crippen LogP contribution is 2.30. The highest BCUT2D eigenvalue weighted by Gasteiger charge is 2.30. The van der Waals surface area contributed by atoms with Crippen LogP contribution in [0.15, 0.2) is 48.5 Å². The number of rotatable bonds is 6. The van der Waals surface area contributed by atoms with Crippen LogP contribution in [0.3, 0.4) is 0 Å². The summed E-state index contributed by atoms with van der Waals surface area (Å²) in [5.41, 5.74) is 0.407. The lowest BCUT2D eigenvalue weighted by Gasteiger charge is -2.12. The normalized spacial score (nSPS) is 11.3. The number of carbonyl (C=O) groups is 1. The Labute approximate surface area is 150 Å². The molecule has 0 aliphatic carbocycles. The molecule has 0 heterocycles. The number of hydrogen-bond donors (Lipinski definition) is 2. The molecule has 0 fully saturated rings. The van der Waals surface area contributed by atoms with E-state index in [0.29, 0.717) is 11.7 Å². The van der Waals surface area contributed by atoms with Gasteiger partial charge < -0.3 is 15.4 Å². The van der Waals surface area contributed by atoms with Crippen LogP contribution in [0.25, 0.3) is 0 Å². The monoisotopic (exact) mass is 366 g/mol. The van der Waals surface area contributed by atoms with Crippen LogP contribution in [0.2, 0.25) is 0 Å². The zero-order valence-electron chi connectivity index (χ0n) is 14.6. The van der Waals surface area contributed by atoms with E-state index in [1.807, 2.05) is 24.3 Å². The minimum absolute atomic E-state index is 0.0721. The van der Waals surface area contributed by atoms with Gasteiger partial charge in [0, 0.05) is 5.69 Å². The number of halogens is 3. The summed E-state index contributed by atoms with van der Waals surface area (Å²) in [4.78, 5) is 11.8. The van der Waals surface area contributed by atoms with Gasteiger partial charge in [-0.2, -0.15) is 13.2 Å². The molecule has 0 unspecified atom stereocenters. The first kappa shape index (κ1) is 19.6. The second-order valence-electron chi connectivity index (χ2n) is 6.04. The fourth-order valence-electron chi connectivity index (χ4n) is 2.25. The number of nitrogens with one attached hydrogen (secondary N) is 2. The summed E-state index contributed by atoms with van der Waals surface area (Å²) in [5, 5.41) is 4.91. The fourth-order valence-corrected chi connectivity index (χ4v) is 2.25. The Morgan fingerprint density at radius 1 is 1.12 bits per heavy atom. The molecule has 140 valence electrons. The average Bonchev–Trinajstić information content (AvgIpc) is 2.58. The summed E-state index contributed by atoms with van der Waals surface area (Å²) in [6.45, 7) is 4.63. The van der Waals surface area contributed by atoms with Crippen LogP contribution in [0.5, 0.6) is 5.75 Å². The van der Waals surface area contributed by atoms with E-state index >= 15 is 0 Å². The lowest BCUT2D eigenvalue weighted by molar-refractivity contribution is -0.137. The van der Waals surface area contributed by atoms with E-state index in [4.69, 9.17) is 4.74 Å². The number of ether oxygens (including phenoxy) is 1. The Bertz CT molecular complexity index is 746. The molecule has 2 amide bonds. The first-order chi connectivity index (χ1) is 12.3. The number of carbonyl (C=O) groups excluding carboxylic acids is 1. The van der Waals surface area contributed by atoms with E-state index in [0.717, 1.165) is 17.7 Å². The summed E-state index contributed by atoms with van der Waals surface area (Å²) in [7, 11) is 0. The SMILES string of the molecule is CC(C)c1cccc(OCCNC(=O)Nc2cccc(C(F)(F)F)c2)c1. The first-order valence-corrected chi connectivity index (χ1v) is 8.20. The summed E-state index contributed by atoms with van der Waals surface area (Å²) in [6, 6.07) is 11.5. The lowest BCUT2D eigenvalue weighted by atomic mass is 10.0. The Hall–Kier alpha value is -2.70.